The van der Waals surface area contributed by atoms with Crippen LogP contribution in [0.15, 0.2) is 48.0 Å². The van der Waals surface area contributed by atoms with Gasteiger partial charge >= 0.3 is 0 Å². The van der Waals surface area contributed by atoms with E-state index < -0.39 is 0 Å². The fraction of sp³-hybridized carbons (Fsp3) is 0.158. The van der Waals surface area contributed by atoms with E-state index in [-0.39, 0.29) is 11.4 Å². The van der Waals surface area contributed by atoms with Crippen molar-refractivity contribution in [3.8, 4) is 17.6 Å². The number of Topliss-reactive ketones (excluding diaryl/α,β-unsaturated/α-hetero) is 1. The van der Waals surface area contributed by atoms with Crippen LogP contribution in [0.1, 0.15) is 21.5 Å². The summed E-state index contributed by atoms with van der Waals surface area (Å²) in [5, 5.41) is 9.34. The molecule has 0 fully saturated rings. The quantitative estimate of drug-likeness (QED) is 0.479. The lowest BCUT2D eigenvalue weighted by molar-refractivity contribution is 0.103. The second-order valence-corrected chi connectivity index (χ2v) is 4.93. The van der Waals surface area contributed by atoms with Gasteiger partial charge in [-0.2, -0.15) is 5.26 Å². The minimum absolute atomic E-state index is 0.0755. The number of nitriles is 1. The minimum Gasteiger partial charge on any atom is -0.493 e. The number of rotatable bonds is 5. The van der Waals surface area contributed by atoms with Crippen molar-refractivity contribution in [3.63, 3.8) is 0 Å². The van der Waals surface area contributed by atoms with Crippen LogP contribution >= 0.6 is 0 Å². The van der Waals surface area contributed by atoms with Gasteiger partial charge in [0.1, 0.15) is 11.6 Å². The van der Waals surface area contributed by atoms with Crippen molar-refractivity contribution in [2.75, 3.05) is 14.2 Å². The van der Waals surface area contributed by atoms with Gasteiger partial charge in [0.2, 0.25) is 5.78 Å². The lowest BCUT2D eigenvalue weighted by atomic mass is 9.98. The molecule has 0 heterocycles. The molecule has 2 rings (SSSR count). The molecule has 0 amide bonds. The molecule has 0 aliphatic heterocycles. The number of hydrogen-bond donors (Lipinski definition) is 0. The first-order valence-corrected chi connectivity index (χ1v) is 7.05. The average Bonchev–Trinajstić information content (AvgIpc) is 2.59. The van der Waals surface area contributed by atoms with E-state index in [4.69, 9.17) is 9.47 Å². The Morgan fingerprint density at radius 2 is 1.78 bits per heavy atom. The molecule has 116 valence electrons. The van der Waals surface area contributed by atoms with Gasteiger partial charge in [-0.25, -0.2) is 0 Å². The Labute approximate surface area is 135 Å². The number of benzene rings is 2. The highest BCUT2D eigenvalue weighted by Gasteiger charge is 2.14. The van der Waals surface area contributed by atoms with E-state index in [1.54, 1.807) is 43.5 Å². The summed E-state index contributed by atoms with van der Waals surface area (Å²) in [6.07, 6.45) is 1.55. The molecule has 0 atom stereocenters. The second kappa shape index (κ2) is 7.28. The topological polar surface area (TPSA) is 59.3 Å². The molecule has 0 N–H and O–H groups in total. The van der Waals surface area contributed by atoms with Crippen LogP contribution in [-0.2, 0) is 0 Å². The van der Waals surface area contributed by atoms with Gasteiger partial charge in [-0.15, -0.1) is 0 Å². The second-order valence-electron chi connectivity index (χ2n) is 4.93. The summed E-state index contributed by atoms with van der Waals surface area (Å²) in [6, 6.07) is 14.4. The van der Waals surface area contributed by atoms with Gasteiger partial charge in [-0.05, 0) is 36.3 Å². The summed E-state index contributed by atoms with van der Waals surface area (Å²) in [6.45, 7) is 1.85. The summed E-state index contributed by atoms with van der Waals surface area (Å²) in [7, 11) is 3.09. The van der Waals surface area contributed by atoms with Crippen molar-refractivity contribution in [1.82, 2.24) is 0 Å². The van der Waals surface area contributed by atoms with E-state index in [9.17, 15) is 10.1 Å². The first-order chi connectivity index (χ1) is 11.1. The summed E-state index contributed by atoms with van der Waals surface area (Å²) in [5.41, 5.74) is 2.14. The van der Waals surface area contributed by atoms with E-state index in [1.807, 2.05) is 25.1 Å². The molecule has 0 saturated carbocycles. The molecule has 4 heteroatoms. The number of carbonyl (C=O) groups excluding carboxylic acids is 1. The summed E-state index contributed by atoms with van der Waals surface area (Å²) >= 11 is 0. The normalized spacial score (nSPS) is 10.8. The highest BCUT2D eigenvalue weighted by atomic mass is 16.5. The third-order valence-corrected chi connectivity index (χ3v) is 3.47. The van der Waals surface area contributed by atoms with Crippen molar-refractivity contribution in [2.24, 2.45) is 0 Å². The van der Waals surface area contributed by atoms with Gasteiger partial charge in [-0.1, -0.05) is 30.3 Å². The molecule has 2 aromatic carbocycles. The lowest BCUT2D eigenvalue weighted by Gasteiger charge is -2.08. The van der Waals surface area contributed by atoms with Crippen LogP contribution in [-0.4, -0.2) is 20.0 Å². The van der Waals surface area contributed by atoms with E-state index in [1.165, 1.54) is 7.11 Å². The number of aryl methyl sites for hydroxylation is 1. The SMILES string of the molecule is COc1ccc(/C=C(\C#N)C(=O)c2ccccc2C)cc1OC. The third-order valence-electron chi connectivity index (χ3n) is 3.47. The Hall–Kier alpha value is -3.06. The van der Waals surface area contributed by atoms with Crippen molar-refractivity contribution in [3.05, 3.63) is 64.7 Å². The van der Waals surface area contributed by atoms with Crippen LogP contribution in [0.25, 0.3) is 6.08 Å². The fourth-order valence-corrected chi connectivity index (χ4v) is 2.23. The smallest absolute Gasteiger partial charge is 0.203 e. The first kappa shape index (κ1) is 16.3. The van der Waals surface area contributed by atoms with Crippen molar-refractivity contribution >= 4 is 11.9 Å². The maximum Gasteiger partial charge on any atom is 0.203 e. The lowest BCUT2D eigenvalue weighted by Crippen LogP contribution is -2.04. The summed E-state index contributed by atoms with van der Waals surface area (Å²) < 4.78 is 10.4. The van der Waals surface area contributed by atoms with Gasteiger partial charge < -0.3 is 9.47 Å². The molecule has 0 aliphatic rings. The molecule has 4 nitrogen and oxygen atoms in total. The van der Waals surface area contributed by atoms with Crippen LogP contribution in [0, 0.1) is 18.3 Å². The van der Waals surface area contributed by atoms with Crippen molar-refractivity contribution in [1.29, 1.82) is 5.26 Å². The monoisotopic (exact) mass is 307 g/mol. The zero-order chi connectivity index (χ0) is 16.8. The van der Waals surface area contributed by atoms with Crippen LogP contribution in [0.5, 0.6) is 11.5 Å². The molecule has 0 saturated heterocycles. The zero-order valence-electron chi connectivity index (χ0n) is 13.3. The summed E-state index contributed by atoms with van der Waals surface area (Å²) in [5.74, 6) is 0.843. The van der Waals surface area contributed by atoms with Gasteiger partial charge in [0, 0.05) is 5.56 Å². The number of ketones is 1. The third kappa shape index (κ3) is 3.58. The van der Waals surface area contributed by atoms with Crippen molar-refractivity contribution < 1.29 is 14.3 Å². The predicted octanol–water partition coefficient (Wildman–Crippen LogP) is 3.80. The molecule has 0 bridgehead atoms. The van der Waals surface area contributed by atoms with Crippen LogP contribution in [0.4, 0.5) is 0 Å². The Balaban J connectivity index is 2.42. The molecule has 0 radical (unpaired) electrons. The summed E-state index contributed by atoms with van der Waals surface area (Å²) in [4.78, 5) is 12.5. The zero-order valence-corrected chi connectivity index (χ0v) is 13.3. The van der Waals surface area contributed by atoms with Crippen molar-refractivity contribution in [2.45, 2.75) is 6.92 Å². The van der Waals surface area contributed by atoms with E-state index in [2.05, 4.69) is 0 Å². The molecular formula is C19H17NO3. The number of carbonyl (C=O) groups is 1. The molecule has 0 unspecified atom stereocenters. The molecule has 0 spiro atoms. The van der Waals surface area contributed by atoms with Gasteiger partial charge in [-0.3, -0.25) is 4.79 Å². The highest BCUT2D eigenvalue weighted by Crippen LogP contribution is 2.28. The molecular weight excluding hydrogens is 290 g/mol. The van der Waals surface area contributed by atoms with E-state index in [0.717, 1.165) is 5.56 Å². The standard InChI is InChI=1S/C19H17NO3/c1-13-6-4-5-7-16(13)19(21)15(12-20)10-14-8-9-17(22-2)18(11-14)23-3/h4-11H,1-3H3/b15-10+. The number of nitrogens with zero attached hydrogens (tertiary/aromatic N) is 1. The van der Waals surface area contributed by atoms with Gasteiger partial charge in [0.25, 0.3) is 0 Å². The van der Waals surface area contributed by atoms with E-state index >= 15 is 0 Å². The number of methoxy groups -OCH3 is 2. The van der Waals surface area contributed by atoms with Crippen LogP contribution < -0.4 is 9.47 Å². The van der Waals surface area contributed by atoms with Gasteiger partial charge in [0.15, 0.2) is 11.5 Å². The molecule has 2 aromatic rings. The number of hydrogen-bond acceptors (Lipinski definition) is 4. The maximum atomic E-state index is 12.5. The first-order valence-electron chi connectivity index (χ1n) is 7.05. The Bertz CT molecular complexity index is 801. The largest absolute Gasteiger partial charge is 0.493 e. The molecule has 0 aromatic heterocycles. The Morgan fingerprint density at radius 1 is 1.09 bits per heavy atom. The molecule has 0 aliphatic carbocycles. The maximum absolute atomic E-state index is 12.5. The van der Waals surface area contributed by atoms with Gasteiger partial charge in [0.05, 0.1) is 14.2 Å². The Kier molecular flexibility index (Phi) is 5.16. The predicted molar refractivity (Wildman–Crippen MR) is 88.6 cm³/mol. The van der Waals surface area contributed by atoms with E-state index in [0.29, 0.717) is 22.6 Å². The Morgan fingerprint density at radius 3 is 2.39 bits per heavy atom. The number of allylic oxidation sites excluding steroid dienone is 1. The fourth-order valence-electron chi connectivity index (χ4n) is 2.23. The molecule has 23 heavy (non-hydrogen) atoms. The minimum atomic E-state index is -0.291. The highest BCUT2D eigenvalue weighted by molar-refractivity contribution is 6.14. The number of ether oxygens (including phenoxy) is 2. The van der Waals surface area contributed by atoms with Crippen LogP contribution in [0.3, 0.4) is 0 Å². The van der Waals surface area contributed by atoms with Crippen LogP contribution in [0.2, 0.25) is 0 Å². The average molecular weight is 307 g/mol.